The number of aryl methyl sites for hydroxylation is 1. The normalized spacial score (nSPS) is 12.1. The fraction of sp³-hybridized carbons (Fsp3) is 0.333. The largest absolute Gasteiger partial charge is 0.394 e. The van der Waals surface area contributed by atoms with Crippen LogP contribution in [0.4, 0.5) is 5.95 Å². The molecule has 2 aromatic heterocycles. The maximum absolute atomic E-state index is 13.0. The van der Waals surface area contributed by atoms with E-state index in [1.165, 1.54) is 0 Å². The number of rotatable bonds is 7. The lowest BCUT2D eigenvalue weighted by Crippen LogP contribution is -2.31. The third-order valence-electron chi connectivity index (χ3n) is 4.64. The minimum absolute atomic E-state index is 0.165. The van der Waals surface area contributed by atoms with Crippen molar-refractivity contribution in [3.05, 3.63) is 58.0 Å². The second-order valence-electron chi connectivity index (χ2n) is 7.35. The van der Waals surface area contributed by atoms with E-state index in [4.69, 9.17) is 11.6 Å². The molecule has 0 saturated heterocycles. The smallest absolute Gasteiger partial charge is 0.268 e. The number of hydrogen-bond donors (Lipinski definition) is 4. The molecule has 0 aliphatic heterocycles. The van der Waals surface area contributed by atoms with Gasteiger partial charge in [-0.25, -0.2) is 4.98 Å². The number of halogens is 1. The Morgan fingerprint density at radius 2 is 2.07 bits per heavy atom. The lowest BCUT2D eigenvalue weighted by Gasteiger charge is -2.17. The molecule has 4 N–H and O–H groups in total. The van der Waals surface area contributed by atoms with Gasteiger partial charge in [-0.15, -0.1) is 5.10 Å². The molecule has 8 nitrogen and oxygen atoms in total. The molecule has 30 heavy (non-hydrogen) atoms. The average Bonchev–Trinajstić information content (AvgIpc) is 3.00. The van der Waals surface area contributed by atoms with Gasteiger partial charge < -0.3 is 20.7 Å². The number of carbonyl (C=O) groups excluding carboxylic acids is 1. The van der Waals surface area contributed by atoms with E-state index in [0.717, 1.165) is 22.4 Å². The molecular formula is C21H25ClN6O2. The molecule has 9 heteroatoms. The SMILES string of the molecule is Cc1[nH]c(C(=O)NC(CO)c2cccc(Cl)c2)c(C)c1-c1cnnc(NC(C)C)n1. The van der Waals surface area contributed by atoms with Crippen molar-refractivity contribution in [2.45, 2.75) is 39.8 Å². The average molecular weight is 429 g/mol. The van der Waals surface area contributed by atoms with Crippen molar-refractivity contribution in [3.63, 3.8) is 0 Å². The van der Waals surface area contributed by atoms with Crippen LogP contribution >= 0.6 is 11.6 Å². The predicted molar refractivity (Wildman–Crippen MR) is 117 cm³/mol. The van der Waals surface area contributed by atoms with Gasteiger partial charge >= 0.3 is 0 Å². The zero-order valence-corrected chi connectivity index (χ0v) is 18.1. The standard InChI is InChI=1S/C21H25ClN6O2/c1-11(2)24-21-27-16(9-23-28-21)18-12(3)19(25-13(18)4)20(30)26-17(10-29)14-6-5-7-15(22)8-14/h5-9,11,17,25,29H,10H2,1-4H3,(H,26,30)(H,24,27,28). The number of benzene rings is 1. The number of aromatic amines is 1. The summed E-state index contributed by atoms with van der Waals surface area (Å²) in [6, 6.07) is 6.63. The highest BCUT2D eigenvalue weighted by Crippen LogP contribution is 2.28. The number of aliphatic hydroxyl groups is 1. The molecule has 0 radical (unpaired) electrons. The van der Waals surface area contributed by atoms with Crippen LogP contribution in [-0.4, -0.2) is 43.8 Å². The van der Waals surface area contributed by atoms with E-state index in [0.29, 0.717) is 22.4 Å². The first-order valence-corrected chi connectivity index (χ1v) is 10.0. The zero-order chi connectivity index (χ0) is 21.8. The molecule has 3 rings (SSSR count). The van der Waals surface area contributed by atoms with E-state index in [1.54, 1.807) is 30.5 Å². The van der Waals surface area contributed by atoms with Crippen LogP contribution in [0.5, 0.6) is 0 Å². The van der Waals surface area contributed by atoms with Gasteiger partial charge in [0.2, 0.25) is 5.95 Å². The minimum Gasteiger partial charge on any atom is -0.394 e. The summed E-state index contributed by atoms with van der Waals surface area (Å²) in [6.07, 6.45) is 1.57. The first-order chi connectivity index (χ1) is 14.3. The van der Waals surface area contributed by atoms with Crippen LogP contribution in [-0.2, 0) is 0 Å². The zero-order valence-electron chi connectivity index (χ0n) is 17.3. The third kappa shape index (κ3) is 4.77. The molecule has 2 heterocycles. The summed E-state index contributed by atoms with van der Waals surface area (Å²) in [5.41, 5.74) is 4.07. The summed E-state index contributed by atoms with van der Waals surface area (Å²) in [7, 11) is 0. The van der Waals surface area contributed by atoms with Crippen molar-refractivity contribution in [2.75, 3.05) is 11.9 Å². The van der Waals surface area contributed by atoms with Gasteiger partial charge in [-0.1, -0.05) is 23.7 Å². The van der Waals surface area contributed by atoms with Gasteiger partial charge in [-0.2, -0.15) is 5.10 Å². The van der Waals surface area contributed by atoms with Crippen LogP contribution in [0.25, 0.3) is 11.3 Å². The highest BCUT2D eigenvalue weighted by Gasteiger charge is 2.22. The topological polar surface area (TPSA) is 116 Å². The molecule has 1 atom stereocenters. The van der Waals surface area contributed by atoms with E-state index >= 15 is 0 Å². The third-order valence-corrected chi connectivity index (χ3v) is 4.87. The predicted octanol–water partition coefficient (Wildman–Crippen LogP) is 3.42. The molecular weight excluding hydrogens is 404 g/mol. The van der Waals surface area contributed by atoms with Gasteiger partial charge in [0.15, 0.2) is 0 Å². The van der Waals surface area contributed by atoms with Crippen LogP contribution in [0.1, 0.15) is 47.2 Å². The summed E-state index contributed by atoms with van der Waals surface area (Å²) >= 11 is 6.04. The van der Waals surface area contributed by atoms with Crippen LogP contribution < -0.4 is 10.6 Å². The molecule has 0 fully saturated rings. The Morgan fingerprint density at radius 3 is 2.73 bits per heavy atom. The van der Waals surface area contributed by atoms with E-state index in [-0.39, 0.29) is 18.6 Å². The highest BCUT2D eigenvalue weighted by molar-refractivity contribution is 6.30. The number of H-pyrrole nitrogens is 1. The Kier molecular flexibility index (Phi) is 6.69. The lowest BCUT2D eigenvalue weighted by atomic mass is 10.1. The molecule has 158 valence electrons. The minimum atomic E-state index is -0.579. The van der Waals surface area contributed by atoms with Crippen LogP contribution in [0.2, 0.25) is 5.02 Å². The summed E-state index contributed by atoms with van der Waals surface area (Å²) in [4.78, 5) is 20.6. The number of nitrogens with zero attached hydrogens (tertiary/aromatic N) is 3. The summed E-state index contributed by atoms with van der Waals surface area (Å²) < 4.78 is 0. The van der Waals surface area contributed by atoms with Gasteiger partial charge in [-0.3, -0.25) is 4.79 Å². The van der Waals surface area contributed by atoms with E-state index in [1.807, 2.05) is 27.7 Å². The Balaban J connectivity index is 1.88. The van der Waals surface area contributed by atoms with Gasteiger partial charge in [0.05, 0.1) is 24.5 Å². The monoisotopic (exact) mass is 428 g/mol. The van der Waals surface area contributed by atoms with Gasteiger partial charge in [0.1, 0.15) is 5.69 Å². The van der Waals surface area contributed by atoms with Gasteiger partial charge in [-0.05, 0) is 51.0 Å². The molecule has 1 amide bonds. The highest BCUT2D eigenvalue weighted by atomic mass is 35.5. The second kappa shape index (κ2) is 9.23. The summed E-state index contributed by atoms with van der Waals surface area (Å²) in [5, 5.41) is 24.3. The lowest BCUT2D eigenvalue weighted by molar-refractivity contribution is 0.0911. The van der Waals surface area contributed by atoms with Crippen molar-refractivity contribution in [3.8, 4) is 11.3 Å². The molecule has 3 aromatic rings. The molecule has 1 aromatic carbocycles. The quantitative estimate of drug-likeness (QED) is 0.458. The van der Waals surface area contributed by atoms with Gasteiger partial charge in [0.25, 0.3) is 5.91 Å². The molecule has 0 saturated carbocycles. The van der Waals surface area contributed by atoms with E-state index < -0.39 is 6.04 Å². The summed E-state index contributed by atoms with van der Waals surface area (Å²) in [5.74, 6) is 0.0956. The number of anilines is 1. The molecule has 1 unspecified atom stereocenters. The Hall–Kier alpha value is -2.97. The molecule has 0 bridgehead atoms. The van der Waals surface area contributed by atoms with Crippen LogP contribution in [0.3, 0.4) is 0 Å². The van der Waals surface area contributed by atoms with Crippen LogP contribution in [0, 0.1) is 13.8 Å². The first kappa shape index (κ1) is 21.7. The number of amides is 1. The summed E-state index contributed by atoms with van der Waals surface area (Å²) in [6.45, 7) is 7.44. The number of hydrogen-bond acceptors (Lipinski definition) is 6. The number of aliphatic hydroxyl groups excluding tert-OH is 1. The van der Waals surface area contributed by atoms with Crippen molar-refractivity contribution >= 4 is 23.5 Å². The number of carbonyl (C=O) groups is 1. The maximum atomic E-state index is 13.0. The Labute approximate surface area is 180 Å². The number of nitrogens with one attached hydrogen (secondary N) is 3. The van der Waals surface area contributed by atoms with Crippen molar-refractivity contribution in [1.82, 2.24) is 25.5 Å². The van der Waals surface area contributed by atoms with Crippen molar-refractivity contribution < 1.29 is 9.90 Å². The molecule has 0 spiro atoms. The molecule has 0 aliphatic carbocycles. The number of aromatic nitrogens is 4. The first-order valence-electron chi connectivity index (χ1n) is 9.63. The Bertz CT molecular complexity index is 1050. The fourth-order valence-electron chi connectivity index (χ4n) is 3.29. The van der Waals surface area contributed by atoms with Gasteiger partial charge in [0, 0.05) is 22.3 Å². The van der Waals surface area contributed by atoms with Crippen molar-refractivity contribution in [2.24, 2.45) is 0 Å². The van der Waals surface area contributed by atoms with E-state index in [2.05, 4.69) is 30.8 Å². The van der Waals surface area contributed by atoms with E-state index in [9.17, 15) is 9.90 Å². The fourth-order valence-corrected chi connectivity index (χ4v) is 3.49. The second-order valence-corrected chi connectivity index (χ2v) is 7.79. The van der Waals surface area contributed by atoms with Crippen molar-refractivity contribution in [1.29, 1.82) is 0 Å². The molecule has 0 aliphatic rings. The maximum Gasteiger partial charge on any atom is 0.268 e. The Morgan fingerprint density at radius 1 is 1.30 bits per heavy atom. The van der Waals surface area contributed by atoms with Crippen LogP contribution in [0.15, 0.2) is 30.5 Å².